The van der Waals surface area contributed by atoms with Crippen molar-refractivity contribution in [3.8, 4) is 0 Å². The molecule has 1 aliphatic rings. The summed E-state index contributed by atoms with van der Waals surface area (Å²) in [5, 5.41) is 10.7. The van der Waals surface area contributed by atoms with E-state index in [0.717, 1.165) is 12.1 Å². The minimum absolute atomic E-state index is 0.116. The highest BCUT2D eigenvalue weighted by molar-refractivity contribution is 7.13. The first-order valence-corrected chi connectivity index (χ1v) is 9.35. The molecule has 1 N–H and O–H groups in total. The maximum atomic E-state index is 12.8. The first-order chi connectivity index (χ1) is 12.0. The Bertz CT molecular complexity index is 791. The van der Waals surface area contributed by atoms with E-state index in [9.17, 15) is 9.90 Å². The Morgan fingerprint density at radius 3 is 2.73 bits per heavy atom. The fraction of sp³-hybridized carbons (Fsp3) is 0.500. The molecule has 0 amide bonds. The Kier molecular flexibility index (Phi) is 6.38. The second kappa shape index (κ2) is 7.99. The standard InChI is InChI=1S/C20H30N3O2P/c1-15(2)12-23(26)11-10-20(5,25)13-22-14-21-17-7-9-19(3,4)8-6-16(17)18(22)24/h6-9,14,25H,1,10-13,26H2,2-5H3. The third-order valence-electron chi connectivity index (χ3n) is 4.38. The molecule has 0 fully saturated rings. The van der Waals surface area contributed by atoms with Gasteiger partial charge in [0.05, 0.1) is 29.7 Å². The number of nitrogens with zero attached hydrogens (tertiary/aromatic N) is 3. The summed E-state index contributed by atoms with van der Waals surface area (Å²) in [6.07, 6.45) is 9.84. The number of hydrogen-bond donors (Lipinski definition) is 1. The van der Waals surface area contributed by atoms with Crippen LogP contribution >= 0.6 is 9.39 Å². The van der Waals surface area contributed by atoms with Gasteiger partial charge in [0, 0.05) is 18.5 Å². The molecule has 0 saturated heterocycles. The molecule has 6 heteroatoms. The lowest BCUT2D eigenvalue weighted by molar-refractivity contribution is 0.0284. The van der Waals surface area contributed by atoms with E-state index in [1.165, 1.54) is 10.9 Å². The van der Waals surface area contributed by atoms with Crippen molar-refractivity contribution in [2.24, 2.45) is 5.41 Å². The first-order valence-electron chi connectivity index (χ1n) is 8.83. The average Bonchev–Trinajstić information content (AvgIpc) is 2.67. The minimum atomic E-state index is -1.01. The Hall–Kier alpha value is -1.55. The van der Waals surface area contributed by atoms with Crippen molar-refractivity contribution in [3.05, 3.63) is 52.2 Å². The summed E-state index contributed by atoms with van der Waals surface area (Å²) in [5.41, 5.74) is 1.06. The van der Waals surface area contributed by atoms with Gasteiger partial charge in [0.15, 0.2) is 0 Å². The van der Waals surface area contributed by atoms with Crippen LogP contribution in [0.3, 0.4) is 0 Å². The number of aliphatic hydroxyl groups is 1. The Morgan fingerprint density at radius 1 is 1.42 bits per heavy atom. The van der Waals surface area contributed by atoms with Crippen LogP contribution in [0, 0.1) is 5.41 Å². The number of allylic oxidation sites excluding steroid dienone is 2. The van der Waals surface area contributed by atoms with Crippen molar-refractivity contribution in [3.63, 3.8) is 0 Å². The molecule has 2 rings (SSSR count). The minimum Gasteiger partial charge on any atom is -0.388 e. The summed E-state index contributed by atoms with van der Waals surface area (Å²) in [5.74, 6) is 0. The molecule has 0 saturated carbocycles. The van der Waals surface area contributed by atoms with Crippen LogP contribution in [-0.2, 0) is 6.54 Å². The van der Waals surface area contributed by atoms with Crippen LogP contribution in [0.5, 0.6) is 0 Å². The van der Waals surface area contributed by atoms with E-state index in [4.69, 9.17) is 0 Å². The van der Waals surface area contributed by atoms with E-state index in [1.807, 2.05) is 35.9 Å². The van der Waals surface area contributed by atoms with Crippen LogP contribution < -0.4 is 5.56 Å². The Balaban J connectivity index is 2.16. The Morgan fingerprint density at radius 2 is 2.08 bits per heavy atom. The molecule has 1 aromatic heterocycles. The van der Waals surface area contributed by atoms with Gasteiger partial charge in [-0.2, -0.15) is 0 Å². The van der Waals surface area contributed by atoms with Gasteiger partial charge in [-0.15, -0.1) is 0 Å². The quantitative estimate of drug-likeness (QED) is 0.588. The summed E-state index contributed by atoms with van der Waals surface area (Å²) in [4.78, 5) is 17.3. The van der Waals surface area contributed by atoms with Crippen molar-refractivity contribution in [2.75, 3.05) is 13.1 Å². The van der Waals surface area contributed by atoms with E-state index >= 15 is 0 Å². The lowest BCUT2D eigenvalue weighted by Crippen LogP contribution is -2.38. The predicted octanol–water partition coefficient (Wildman–Crippen LogP) is 3.12. The van der Waals surface area contributed by atoms with Crippen LogP contribution in [0.15, 0.2) is 35.4 Å². The molecule has 0 spiro atoms. The number of fused-ring (bicyclic) bond motifs is 1. The van der Waals surface area contributed by atoms with Crippen molar-refractivity contribution in [2.45, 2.75) is 46.3 Å². The van der Waals surface area contributed by atoms with Gasteiger partial charge in [0.1, 0.15) is 0 Å². The molecular weight excluding hydrogens is 345 g/mol. The van der Waals surface area contributed by atoms with E-state index in [2.05, 4.69) is 34.8 Å². The van der Waals surface area contributed by atoms with Crippen molar-refractivity contribution >= 4 is 21.5 Å². The van der Waals surface area contributed by atoms with Crippen LogP contribution in [0.2, 0.25) is 0 Å². The largest absolute Gasteiger partial charge is 0.388 e. The number of rotatable bonds is 7. The molecule has 2 unspecified atom stereocenters. The number of aromatic nitrogens is 2. The van der Waals surface area contributed by atoms with E-state index in [1.54, 1.807) is 6.92 Å². The fourth-order valence-electron chi connectivity index (χ4n) is 2.82. The maximum Gasteiger partial charge on any atom is 0.261 e. The topological polar surface area (TPSA) is 58.4 Å². The molecular formula is C20H30N3O2P. The third kappa shape index (κ3) is 5.73. The van der Waals surface area contributed by atoms with Crippen LogP contribution in [-0.4, -0.2) is 38.0 Å². The van der Waals surface area contributed by atoms with Crippen LogP contribution in [0.4, 0.5) is 0 Å². The summed E-state index contributed by atoms with van der Waals surface area (Å²) >= 11 is 0. The second-order valence-electron chi connectivity index (χ2n) is 8.14. The molecule has 1 aromatic rings. The molecule has 2 atom stereocenters. The summed E-state index contributed by atoms with van der Waals surface area (Å²) in [7, 11) is 2.65. The summed E-state index contributed by atoms with van der Waals surface area (Å²) in [6, 6.07) is 0. The highest BCUT2D eigenvalue weighted by atomic mass is 31.0. The van der Waals surface area contributed by atoms with E-state index < -0.39 is 5.60 Å². The van der Waals surface area contributed by atoms with Gasteiger partial charge in [-0.25, -0.2) is 4.98 Å². The van der Waals surface area contributed by atoms with Gasteiger partial charge in [-0.05, 0) is 26.3 Å². The zero-order valence-electron chi connectivity index (χ0n) is 16.2. The van der Waals surface area contributed by atoms with Crippen LogP contribution in [0.25, 0.3) is 12.2 Å². The number of hydrogen-bond acceptors (Lipinski definition) is 4. The van der Waals surface area contributed by atoms with Crippen LogP contribution in [0.1, 0.15) is 45.4 Å². The van der Waals surface area contributed by atoms with Crippen molar-refractivity contribution < 1.29 is 5.11 Å². The van der Waals surface area contributed by atoms with Gasteiger partial charge in [0.2, 0.25) is 0 Å². The molecule has 0 aromatic carbocycles. The lowest BCUT2D eigenvalue weighted by Gasteiger charge is -2.27. The molecule has 0 bridgehead atoms. The first kappa shape index (κ1) is 20.8. The highest BCUT2D eigenvalue weighted by Crippen LogP contribution is 2.25. The Labute approximate surface area is 158 Å². The average molecular weight is 375 g/mol. The van der Waals surface area contributed by atoms with E-state index in [-0.39, 0.29) is 17.5 Å². The summed E-state index contributed by atoms with van der Waals surface area (Å²) < 4.78 is 3.53. The normalized spacial score (nSPS) is 17.7. The molecule has 0 aliphatic heterocycles. The molecule has 26 heavy (non-hydrogen) atoms. The molecule has 0 radical (unpaired) electrons. The zero-order chi connectivity index (χ0) is 19.5. The van der Waals surface area contributed by atoms with Gasteiger partial charge < -0.3 is 5.11 Å². The molecule has 1 heterocycles. The molecule has 142 valence electrons. The van der Waals surface area contributed by atoms with Crippen molar-refractivity contribution in [1.82, 2.24) is 14.2 Å². The molecule has 5 nitrogen and oxygen atoms in total. The van der Waals surface area contributed by atoms with Gasteiger partial charge in [-0.1, -0.05) is 53.6 Å². The predicted molar refractivity (Wildman–Crippen MR) is 112 cm³/mol. The fourth-order valence-corrected chi connectivity index (χ4v) is 3.26. The lowest BCUT2D eigenvalue weighted by atomic mass is 9.93. The third-order valence-corrected chi connectivity index (χ3v) is 4.82. The monoisotopic (exact) mass is 375 g/mol. The molecule has 1 aliphatic carbocycles. The second-order valence-corrected chi connectivity index (χ2v) is 8.87. The van der Waals surface area contributed by atoms with E-state index in [0.29, 0.717) is 24.2 Å². The highest BCUT2D eigenvalue weighted by Gasteiger charge is 2.24. The summed E-state index contributed by atoms with van der Waals surface area (Å²) in [6.45, 7) is 13.4. The maximum absolute atomic E-state index is 12.8. The van der Waals surface area contributed by atoms with Crippen molar-refractivity contribution in [1.29, 1.82) is 0 Å². The van der Waals surface area contributed by atoms with Gasteiger partial charge in [0.25, 0.3) is 5.56 Å². The zero-order valence-corrected chi connectivity index (χ0v) is 17.4. The SMILES string of the molecule is C=C(C)CN(P)CCC(C)(O)Cn1cnc2c(c1=O)C=CC(C)(C)C=C2. The smallest absolute Gasteiger partial charge is 0.261 e. The van der Waals surface area contributed by atoms with Gasteiger partial charge >= 0.3 is 0 Å². The van der Waals surface area contributed by atoms with Gasteiger partial charge in [-0.3, -0.25) is 14.0 Å².